The molecule has 0 amide bonds. The van der Waals surface area contributed by atoms with E-state index in [0.717, 1.165) is 6.54 Å². The minimum absolute atomic E-state index is 0.347. The van der Waals surface area contributed by atoms with Gasteiger partial charge >= 0.3 is 0 Å². The second kappa shape index (κ2) is 7.64. The summed E-state index contributed by atoms with van der Waals surface area (Å²) >= 11 is 5.68. The van der Waals surface area contributed by atoms with Crippen LogP contribution in [0.2, 0.25) is 0 Å². The Morgan fingerprint density at radius 2 is 1.65 bits per heavy atom. The molecule has 20 heavy (non-hydrogen) atoms. The summed E-state index contributed by atoms with van der Waals surface area (Å²) in [6.45, 7) is 5.65. The van der Waals surface area contributed by atoms with E-state index in [2.05, 4.69) is 60.4 Å². The van der Waals surface area contributed by atoms with E-state index >= 15 is 0 Å². The van der Waals surface area contributed by atoms with Gasteiger partial charge in [-0.3, -0.25) is 0 Å². The summed E-state index contributed by atoms with van der Waals surface area (Å²) in [4.78, 5) is 2.82. The highest BCUT2D eigenvalue weighted by Crippen LogP contribution is 2.33. The van der Waals surface area contributed by atoms with Crippen molar-refractivity contribution in [2.45, 2.75) is 37.5 Å². The number of hydrogen-bond acceptors (Lipinski definition) is 4. The predicted octanol–water partition coefficient (Wildman–Crippen LogP) is 5.41. The van der Waals surface area contributed by atoms with Crippen LogP contribution in [0, 0.1) is 0 Å². The largest absolute Gasteiger partial charge is 0.304 e. The molecule has 0 aliphatic rings. The second-order valence-electron chi connectivity index (χ2n) is 4.94. The summed E-state index contributed by atoms with van der Waals surface area (Å²) < 4.78 is 0.354. The van der Waals surface area contributed by atoms with E-state index in [1.165, 1.54) is 22.6 Å². The van der Waals surface area contributed by atoms with Gasteiger partial charge in [-0.2, -0.15) is 11.8 Å². The topological polar surface area (TPSA) is 12.0 Å². The molecule has 0 saturated heterocycles. The van der Waals surface area contributed by atoms with E-state index < -0.39 is 0 Å². The van der Waals surface area contributed by atoms with Crippen LogP contribution in [-0.2, 0) is 0 Å². The third-order valence-electron chi connectivity index (χ3n) is 4.01. The van der Waals surface area contributed by atoms with Crippen LogP contribution in [0.1, 0.15) is 42.5 Å². The molecular formula is C16H23NS3. The molecule has 2 aromatic rings. The van der Waals surface area contributed by atoms with Crippen molar-refractivity contribution in [3.8, 4) is 0 Å². The second-order valence-corrected chi connectivity index (χ2v) is 8.17. The Morgan fingerprint density at radius 1 is 1.10 bits per heavy atom. The first-order valence-electron chi connectivity index (χ1n) is 7.10. The Morgan fingerprint density at radius 3 is 2.00 bits per heavy atom. The van der Waals surface area contributed by atoms with Crippen LogP contribution in [0.5, 0.6) is 0 Å². The fraction of sp³-hybridized carbons (Fsp3) is 0.500. The molecule has 0 bridgehead atoms. The SMILES string of the molecule is CCC(CC)(CNC(c1cccs1)c1cccs1)SC. The zero-order valence-electron chi connectivity index (χ0n) is 12.4. The first-order valence-corrected chi connectivity index (χ1v) is 10.1. The van der Waals surface area contributed by atoms with Crippen LogP contribution < -0.4 is 5.32 Å². The van der Waals surface area contributed by atoms with Crippen molar-refractivity contribution in [3.63, 3.8) is 0 Å². The number of rotatable bonds is 8. The summed E-state index contributed by atoms with van der Waals surface area (Å²) in [5.74, 6) is 0. The minimum atomic E-state index is 0.347. The first kappa shape index (κ1) is 16.1. The molecule has 0 atom stereocenters. The molecule has 0 saturated carbocycles. The lowest BCUT2D eigenvalue weighted by molar-refractivity contribution is 0.475. The third-order valence-corrected chi connectivity index (χ3v) is 7.47. The Kier molecular flexibility index (Phi) is 6.15. The summed E-state index contributed by atoms with van der Waals surface area (Å²) in [5.41, 5.74) is 0. The van der Waals surface area contributed by atoms with Crippen LogP contribution in [0.3, 0.4) is 0 Å². The lowest BCUT2D eigenvalue weighted by Gasteiger charge is -2.32. The molecule has 0 aliphatic heterocycles. The standard InChI is InChI=1S/C16H23NS3/c1-4-16(5-2,18-3)12-17-15(13-8-6-10-19-13)14-9-7-11-20-14/h6-11,15,17H,4-5,12H2,1-3H3. The van der Waals surface area contributed by atoms with E-state index in [1.807, 2.05) is 34.4 Å². The molecular weight excluding hydrogens is 302 g/mol. The molecule has 0 aromatic carbocycles. The van der Waals surface area contributed by atoms with Gasteiger partial charge in [-0.05, 0) is 42.0 Å². The zero-order valence-corrected chi connectivity index (χ0v) is 14.8. The van der Waals surface area contributed by atoms with Crippen molar-refractivity contribution in [2.75, 3.05) is 12.8 Å². The van der Waals surface area contributed by atoms with E-state index in [-0.39, 0.29) is 0 Å². The first-order chi connectivity index (χ1) is 9.74. The maximum Gasteiger partial charge on any atom is 0.0765 e. The van der Waals surface area contributed by atoms with Crippen LogP contribution in [-0.4, -0.2) is 17.5 Å². The van der Waals surface area contributed by atoms with E-state index in [4.69, 9.17) is 0 Å². The normalized spacial score (nSPS) is 12.2. The fourth-order valence-corrected chi connectivity index (χ4v) is 4.92. The molecule has 2 heterocycles. The van der Waals surface area contributed by atoms with Crippen LogP contribution >= 0.6 is 34.4 Å². The van der Waals surface area contributed by atoms with Crippen molar-refractivity contribution in [3.05, 3.63) is 44.8 Å². The zero-order chi connectivity index (χ0) is 14.4. The minimum Gasteiger partial charge on any atom is -0.304 e. The van der Waals surface area contributed by atoms with E-state index in [9.17, 15) is 0 Å². The number of thiophene rings is 2. The number of thioether (sulfide) groups is 1. The summed E-state index contributed by atoms with van der Waals surface area (Å²) in [5, 5.41) is 8.15. The molecule has 0 radical (unpaired) electrons. The van der Waals surface area contributed by atoms with E-state index in [0.29, 0.717) is 10.8 Å². The molecule has 0 spiro atoms. The average Bonchev–Trinajstić information content (AvgIpc) is 3.18. The summed E-state index contributed by atoms with van der Waals surface area (Å²) in [7, 11) is 0. The Bertz CT molecular complexity index is 429. The Labute approximate surface area is 134 Å². The number of hydrogen-bond donors (Lipinski definition) is 1. The molecule has 2 aromatic heterocycles. The van der Waals surface area contributed by atoms with Crippen molar-refractivity contribution >= 4 is 34.4 Å². The maximum absolute atomic E-state index is 3.82. The van der Waals surface area contributed by atoms with Gasteiger partial charge in [-0.1, -0.05) is 26.0 Å². The van der Waals surface area contributed by atoms with E-state index in [1.54, 1.807) is 0 Å². The van der Waals surface area contributed by atoms with Crippen molar-refractivity contribution in [2.24, 2.45) is 0 Å². The lowest BCUT2D eigenvalue weighted by Crippen LogP contribution is -2.38. The maximum atomic E-state index is 3.82. The van der Waals surface area contributed by atoms with Crippen LogP contribution in [0.4, 0.5) is 0 Å². The van der Waals surface area contributed by atoms with Gasteiger partial charge in [0.15, 0.2) is 0 Å². The van der Waals surface area contributed by atoms with Crippen LogP contribution in [0.25, 0.3) is 0 Å². The Balaban J connectivity index is 2.13. The molecule has 0 fully saturated rings. The van der Waals surface area contributed by atoms with Gasteiger partial charge in [0.1, 0.15) is 0 Å². The highest BCUT2D eigenvalue weighted by atomic mass is 32.2. The third kappa shape index (κ3) is 3.67. The molecule has 4 heteroatoms. The average molecular weight is 326 g/mol. The predicted molar refractivity (Wildman–Crippen MR) is 95.3 cm³/mol. The lowest BCUT2D eigenvalue weighted by atomic mass is 10.0. The van der Waals surface area contributed by atoms with Gasteiger partial charge in [-0.15, -0.1) is 22.7 Å². The van der Waals surface area contributed by atoms with Gasteiger partial charge in [0.2, 0.25) is 0 Å². The molecule has 2 rings (SSSR count). The molecule has 110 valence electrons. The van der Waals surface area contributed by atoms with Gasteiger partial charge < -0.3 is 5.32 Å². The molecule has 0 unspecified atom stereocenters. The number of nitrogens with one attached hydrogen (secondary N) is 1. The highest BCUT2D eigenvalue weighted by molar-refractivity contribution is 8.00. The van der Waals surface area contributed by atoms with Crippen molar-refractivity contribution < 1.29 is 0 Å². The fourth-order valence-electron chi connectivity index (χ4n) is 2.40. The van der Waals surface area contributed by atoms with Crippen LogP contribution in [0.15, 0.2) is 35.0 Å². The monoisotopic (exact) mass is 325 g/mol. The smallest absolute Gasteiger partial charge is 0.0765 e. The molecule has 1 N–H and O–H groups in total. The molecule has 0 aliphatic carbocycles. The van der Waals surface area contributed by atoms with Gasteiger partial charge in [0.25, 0.3) is 0 Å². The van der Waals surface area contributed by atoms with Gasteiger partial charge in [-0.25, -0.2) is 0 Å². The van der Waals surface area contributed by atoms with Gasteiger partial charge in [0.05, 0.1) is 6.04 Å². The summed E-state index contributed by atoms with van der Waals surface area (Å²) in [6.07, 6.45) is 4.65. The van der Waals surface area contributed by atoms with Crippen molar-refractivity contribution in [1.29, 1.82) is 0 Å². The summed E-state index contributed by atoms with van der Waals surface area (Å²) in [6, 6.07) is 9.11. The quantitative estimate of drug-likeness (QED) is 0.696. The van der Waals surface area contributed by atoms with Crippen molar-refractivity contribution in [1.82, 2.24) is 5.32 Å². The van der Waals surface area contributed by atoms with Gasteiger partial charge in [0, 0.05) is 21.0 Å². The Hall–Kier alpha value is -0.290. The highest BCUT2D eigenvalue weighted by Gasteiger charge is 2.27. The molecule has 1 nitrogen and oxygen atoms in total.